The molecule has 1 unspecified atom stereocenters. The van der Waals surface area contributed by atoms with Gasteiger partial charge in [-0.1, -0.05) is 6.92 Å². The van der Waals surface area contributed by atoms with Crippen LogP contribution in [0.1, 0.15) is 36.4 Å². The molecule has 0 aliphatic heterocycles. The number of methoxy groups -OCH3 is 2. The van der Waals surface area contributed by atoms with E-state index < -0.39 is 0 Å². The molecule has 0 radical (unpaired) electrons. The van der Waals surface area contributed by atoms with Gasteiger partial charge in [-0.25, -0.2) is 4.98 Å². The van der Waals surface area contributed by atoms with Crippen molar-refractivity contribution in [3.8, 4) is 23.0 Å². The first-order valence-electron chi connectivity index (χ1n) is 8.91. The summed E-state index contributed by atoms with van der Waals surface area (Å²) >= 11 is 0. The van der Waals surface area contributed by atoms with Crippen LogP contribution >= 0.6 is 0 Å². The van der Waals surface area contributed by atoms with Gasteiger partial charge in [0.2, 0.25) is 0 Å². The van der Waals surface area contributed by atoms with Crippen molar-refractivity contribution in [3.05, 3.63) is 41.7 Å². The van der Waals surface area contributed by atoms with Gasteiger partial charge >= 0.3 is 0 Å². The standard InChI is InChI=1S/C21H24N2O4/c1-6-12(2)22-21(24)15-9-17(18-8-7-13(3)27-18)23-16-11-20(26-5)19(25-4)10-14(15)16/h7-12H,6H2,1-5H3,(H,22,24). The summed E-state index contributed by atoms with van der Waals surface area (Å²) in [5, 5.41) is 3.71. The molecule has 1 amide bonds. The van der Waals surface area contributed by atoms with E-state index in [2.05, 4.69) is 10.3 Å². The molecule has 0 aliphatic carbocycles. The van der Waals surface area contributed by atoms with E-state index in [1.165, 1.54) is 0 Å². The lowest BCUT2D eigenvalue weighted by Gasteiger charge is -2.15. The molecular weight excluding hydrogens is 344 g/mol. The number of carbonyl (C=O) groups excluding carboxylic acids is 1. The number of benzene rings is 1. The highest BCUT2D eigenvalue weighted by Gasteiger charge is 2.19. The molecule has 2 heterocycles. The van der Waals surface area contributed by atoms with E-state index >= 15 is 0 Å². The fourth-order valence-electron chi connectivity index (χ4n) is 2.84. The van der Waals surface area contributed by atoms with Crippen LogP contribution in [0.25, 0.3) is 22.4 Å². The molecule has 1 N–H and O–H groups in total. The van der Waals surface area contributed by atoms with E-state index in [9.17, 15) is 4.79 Å². The Kier molecular flexibility index (Phi) is 5.35. The Hall–Kier alpha value is -3.02. The first-order valence-corrected chi connectivity index (χ1v) is 8.91. The van der Waals surface area contributed by atoms with E-state index in [-0.39, 0.29) is 11.9 Å². The number of ether oxygens (including phenoxy) is 2. The van der Waals surface area contributed by atoms with E-state index in [1.807, 2.05) is 32.9 Å². The van der Waals surface area contributed by atoms with Crippen LogP contribution in [0.5, 0.6) is 11.5 Å². The maximum Gasteiger partial charge on any atom is 0.252 e. The van der Waals surface area contributed by atoms with Gasteiger partial charge in [-0.05, 0) is 44.5 Å². The Morgan fingerprint density at radius 2 is 1.89 bits per heavy atom. The van der Waals surface area contributed by atoms with Crippen LogP contribution in [0.2, 0.25) is 0 Å². The van der Waals surface area contributed by atoms with Crippen molar-refractivity contribution in [1.82, 2.24) is 10.3 Å². The van der Waals surface area contributed by atoms with Crippen molar-refractivity contribution in [2.75, 3.05) is 14.2 Å². The van der Waals surface area contributed by atoms with Gasteiger partial charge in [0.1, 0.15) is 11.5 Å². The number of hydrogen-bond donors (Lipinski definition) is 1. The van der Waals surface area contributed by atoms with Gasteiger partial charge in [0.25, 0.3) is 5.91 Å². The number of aromatic nitrogens is 1. The molecular formula is C21H24N2O4. The zero-order chi connectivity index (χ0) is 19.6. The summed E-state index contributed by atoms with van der Waals surface area (Å²) in [4.78, 5) is 17.6. The van der Waals surface area contributed by atoms with Crippen molar-refractivity contribution < 1.29 is 18.7 Å². The molecule has 1 aromatic carbocycles. The number of hydrogen-bond acceptors (Lipinski definition) is 5. The van der Waals surface area contributed by atoms with Crippen LogP contribution in [0.3, 0.4) is 0 Å². The Bertz CT molecular complexity index is 978. The summed E-state index contributed by atoms with van der Waals surface area (Å²) in [5.41, 5.74) is 1.75. The minimum absolute atomic E-state index is 0.0650. The number of pyridine rings is 1. The summed E-state index contributed by atoms with van der Waals surface area (Å²) in [6.45, 7) is 5.87. The minimum Gasteiger partial charge on any atom is -0.493 e. The van der Waals surface area contributed by atoms with E-state index in [4.69, 9.17) is 13.9 Å². The Morgan fingerprint density at radius 3 is 2.48 bits per heavy atom. The minimum atomic E-state index is -0.159. The van der Waals surface area contributed by atoms with Crippen LogP contribution in [-0.2, 0) is 0 Å². The number of amides is 1. The summed E-state index contributed by atoms with van der Waals surface area (Å²) in [6, 6.07) is 9.09. The number of carbonyl (C=O) groups is 1. The zero-order valence-corrected chi connectivity index (χ0v) is 16.3. The Labute approximate surface area is 158 Å². The molecule has 0 aliphatic rings. The number of nitrogens with zero attached hydrogens (tertiary/aromatic N) is 1. The maximum absolute atomic E-state index is 12.9. The van der Waals surface area contributed by atoms with Gasteiger partial charge in [-0.3, -0.25) is 4.79 Å². The lowest BCUT2D eigenvalue weighted by atomic mass is 10.0. The summed E-state index contributed by atoms with van der Waals surface area (Å²) in [6.07, 6.45) is 0.843. The van der Waals surface area contributed by atoms with Gasteiger partial charge in [0.15, 0.2) is 17.3 Å². The van der Waals surface area contributed by atoms with E-state index in [0.717, 1.165) is 12.2 Å². The van der Waals surface area contributed by atoms with Gasteiger partial charge in [-0.15, -0.1) is 0 Å². The van der Waals surface area contributed by atoms with Gasteiger partial charge in [0, 0.05) is 17.5 Å². The highest BCUT2D eigenvalue weighted by atomic mass is 16.5. The second kappa shape index (κ2) is 7.70. The van der Waals surface area contributed by atoms with Gasteiger partial charge < -0.3 is 19.2 Å². The molecule has 2 aromatic heterocycles. The van der Waals surface area contributed by atoms with Crippen molar-refractivity contribution >= 4 is 16.8 Å². The fraction of sp³-hybridized carbons (Fsp3) is 0.333. The largest absolute Gasteiger partial charge is 0.493 e. The molecule has 0 saturated heterocycles. The summed E-state index contributed by atoms with van der Waals surface area (Å²) < 4.78 is 16.5. The lowest BCUT2D eigenvalue weighted by molar-refractivity contribution is 0.0941. The first-order chi connectivity index (χ1) is 13.0. The highest BCUT2D eigenvalue weighted by molar-refractivity contribution is 6.08. The molecule has 1 atom stereocenters. The third kappa shape index (κ3) is 3.74. The third-order valence-corrected chi connectivity index (χ3v) is 4.54. The van der Waals surface area contributed by atoms with Crippen molar-refractivity contribution in [2.24, 2.45) is 0 Å². The summed E-state index contributed by atoms with van der Waals surface area (Å²) in [5.74, 6) is 2.34. The SMILES string of the molecule is CCC(C)NC(=O)c1cc(-c2ccc(C)o2)nc2cc(OC)c(OC)cc12. The molecule has 27 heavy (non-hydrogen) atoms. The van der Waals surface area contributed by atoms with Crippen molar-refractivity contribution in [2.45, 2.75) is 33.2 Å². The molecule has 0 spiro atoms. The molecule has 6 heteroatoms. The normalized spacial score (nSPS) is 12.0. The molecule has 0 saturated carbocycles. The molecule has 3 rings (SSSR count). The number of aryl methyl sites for hydroxylation is 1. The number of furan rings is 1. The molecule has 0 fully saturated rings. The van der Waals surface area contributed by atoms with Gasteiger partial charge in [-0.2, -0.15) is 0 Å². The number of rotatable bonds is 6. The fourth-order valence-corrected chi connectivity index (χ4v) is 2.84. The van der Waals surface area contributed by atoms with Crippen LogP contribution in [-0.4, -0.2) is 31.2 Å². The predicted molar refractivity (Wildman–Crippen MR) is 105 cm³/mol. The Morgan fingerprint density at radius 1 is 1.19 bits per heavy atom. The van der Waals surface area contributed by atoms with Crippen LogP contribution in [0.15, 0.2) is 34.7 Å². The van der Waals surface area contributed by atoms with E-state index in [1.54, 1.807) is 32.4 Å². The monoisotopic (exact) mass is 368 g/mol. The quantitative estimate of drug-likeness (QED) is 0.700. The third-order valence-electron chi connectivity index (χ3n) is 4.54. The van der Waals surface area contributed by atoms with E-state index in [0.29, 0.717) is 39.4 Å². The van der Waals surface area contributed by atoms with Crippen LogP contribution in [0, 0.1) is 6.92 Å². The Balaban J connectivity index is 2.23. The average molecular weight is 368 g/mol. The second-order valence-electron chi connectivity index (χ2n) is 6.47. The summed E-state index contributed by atoms with van der Waals surface area (Å²) in [7, 11) is 3.13. The van der Waals surface area contributed by atoms with Gasteiger partial charge in [0.05, 0.1) is 25.3 Å². The molecule has 6 nitrogen and oxygen atoms in total. The molecule has 0 bridgehead atoms. The smallest absolute Gasteiger partial charge is 0.252 e. The molecule has 142 valence electrons. The lowest BCUT2D eigenvalue weighted by Crippen LogP contribution is -2.32. The van der Waals surface area contributed by atoms with Crippen LogP contribution in [0.4, 0.5) is 0 Å². The zero-order valence-electron chi connectivity index (χ0n) is 16.3. The van der Waals surface area contributed by atoms with Crippen molar-refractivity contribution in [1.29, 1.82) is 0 Å². The maximum atomic E-state index is 12.9. The highest BCUT2D eigenvalue weighted by Crippen LogP contribution is 2.35. The average Bonchev–Trinajstić information content (AvgIpc) is 3.11. The molecule has 3 aromatic rings. The second-order valence-corrected chi connectivity index (χ2v) is 6.47. The number of fused-ring (bicyclic) bond motifs is 1. The van der Waals surface area contributed by atoms with Crippen molar-refractivity contribution in [3.63, 3.8) is 0 Å². The first kappa shape index (κ1) is 18.8. The van der Waals surface area contributed by atoms with Crippen LogP contribution < -0.4 is 14.8 Å². The predicted octanol–water partition coefficient (Wildman–Crippen LogP) is 4.35. The number of nitrogens with one attached hydrogen (secondary N) is 1. The topological polar surface area (TPSA) is 73.6 Å².